The van der Waals surface area contributed by atoms with Crippen LogP contribution in [0.25, 0.3) is 17.0 Å². The molecule has 0 aliphatic heterocycles. The highest BCUT2D eigenvalue weighted by Gasteiger charge is 2.25. The molecule has 1 aromatic carbocycles. The molecular weight excluding hydrogens is 356 g/mol. The highest BCUT2D eigenvalue weighted by molar-refractivity contribution is 6.34. The number of aromatic amines is 1. The summed E-state index contributed by atoms with van der Waals surface area (Å²) in [4.78, 5) is 13.9. The first-order chi connectivity index (χ1) is 12.3. The van der Waals surface area contributed by atoms with Crippen molar-refractivity contribution >= 4 is 23.2 Å². The molecule has 0 amide bonds. The summed E-state index contributed by atoms with van der Waals surface area (Å²) >= 11 is 6.45. The molecule has 3 aromatic rings. The number of aromatic nitrogens is 4. The molecule has 0 saturated heterocycles. The van der Waals surface area contributed by atoms with E-state index >= 15 is 0 Å². The summed E-state index contributed by atoms with van der Waals surface area (Å²) < 4.78 is 11.9. The number of hydrogen-bond acceptors (Lipinski definition) is 5. The highest BCUT2D eigenvalue weighted by Crippen LogP contribution is 2.31. The maximum Gasteiger partial charge on any atom is 0.302 e. The minimum Gasteiger partial charge on any atom is -0.490 e. The van der Waals surface area contributed by atoms with Gasteiger partial charge in [-0.05, 0) is 24.3 Å². The molecule has 0 aliphatic rings. The van der Waals surface area contributed by atoms with E-state index in [4.69, 9.17) is 21.1 Å². The van der Waals surface area contributed by atoms with E-state index in [1.807, 2.05) is 24.3 Å². The molecule has 0 aliphatic carbocycles. The zero-order valence-corrected chi connectivity index (χ0v) is 15.9. The molecule has 0 spiro atoms. The second-order valence-corrected chi connectivity index (χ2v) is 7.32. The van der Waals surface area contributed by atoms with Crippen LogP contribution in [0.4, 0.5) is 0 Å². The third-order valence-corrected chi connectivity index (χ3v) is 4.10. The molecule has 26 heavy (non-hydrogen) atoms. The fourth-order valence-electron chi connectivity index (χ4n) is 2.46. The fraction of sp³-hybridized carbons (Fsp3) is 0.389. The molecule has 8 heteroatoms. The van der Waals surface area contributed by atoms with Crippen molar-refractivity contribution in [1.82, 2.24) is 19.8 Å². The number of H-pyrrole nitrogens is 1. The Labute approximate surface area is 156 Å². The van der Waals surface area contributed by atoms with Gasteiger partial charge in [0.15, 0.2) is 11.5 Å². The van der Waals surface area contributed by atoms with Crippen molar-refractivity contribution in [2.45, 2.75) is 33.1 Å². The Morgan fingerprint density at radius 1 is 1.19 bits per heavy atom. The van der Waals surface area contributed by atoms with Gasteiger partial charge in [0.05, 0.1) is 5.69 Å². The van der Waals surface area contributed by atoms with Gasteiger partial charge >= 0.3 is 5.97 Å². The highest BCUT2D eigenvalue weighted by atomic mass is 35.5. The van der Waals surface area contributed by atoms with Crippen LogP contribution >= 0.6 is 11.6 Å². The second kappa shape index (κ2) is 6.99. The van der Waals surface area contributed by atoms with Crippen molar-refractivity contribution in [3.05, 3.63) is 35.0 Å². The largest absolute Gasteiger partial charge is 0.490 e. The van der Waals surface area contributed by atoms with Crippen molar-refractivity contribution in [2.24, 2.45) is 0 Å². The molecule has 0 fully saturated rings. The molecule has 0 unspecified atom stereocenters. The summed E-state index contributed by atoms with van der Waals surface area (Å²) in [7, 11) is 0. The lowest BCUT2D eigenvalue weighted by molar-refractivity contribution is -0.141. The van der Waals surface area contributed by atoms with Crippen molar-refractivity contribution in [1.29, 1.82) is 0 Å². The van der Waals surface area contributed by atoms with E-state index < -0.39 is 0 Å². The number of nitrogens with one attached hydrogen (secondary N) is 1. The number of ether oxygens (including phenoxy) is 2. The van der Waals surface area contributed by atoms with E-state index in [1.165, 1.54) is 11.6 Å². The Morgan fingerprint density at radius 2 is 1.88 bits per heavy atom. The average molecular weight is 377 g/mol. The summed E-state index contributed by atoms with van der Waals surface area (Å²) in [6, 6.07) is 7.43. The van der Waals surface area contributed by atoms with Crippen LogP contribution in [-0.2, 0) is 14.9 Å². The molecule has 7 nitrogen and oxygen atoms in total. The van der Waals surface area contributed by atoms with E-state index in [1.54, 1.807) is 0 Å². The van der Waals surface area contributed by atoms with Gasteiger partial charge in [0.1, 0.15) is 24.0 Å². The van der Waals surface area contributed by atoms with Crippen molar-refractivity contribution in [3.8, 4) is 17.1 Å². The lowest BCUT2D eigenvalue weighted by atomic mass is 9.92. The van der Waals surface area contributed by atoms with Crippen LogP contribution < -0.4 is 4.74 Å². The first-order valence-electron chi connectivity index (χ1n) is 8.27. The van der Waals surface area contributed by atoms with Gasteiger partial charge in [-0.2, -0.15) is 5.10 Å². The monoisotopic (exact) mass is 376 g/mol. The summed E-state index contributed by atoms with van der Waals surface area (Å²) in [6.07, 6.45) is 0. The normalized spacial score (nSPS) is 11.7. The van der Waals surface area contributed by atoms with Crippen LogP contribution in [0.3, 0.4) is 0 Å². The molecule has 3 rings (SSSR count). The van der Waals surface area contributed by atoms with Gasteiger partial charge in [0.2, 0.25) is 0 Å². The Kier molecular flexibility index (Phi) is 4.91. The molecule has 0 bridgehead atoms. The van der Waals surface area contributed by atoms with E-state index in [9.17, 15) is 4.79 Å². The minimum atomic E-state index is -0.319. The van der Waals surface area contributed by atoms with Gasteiger partial charge in [-0.15, -0.1) is 9.73 Å². The number of rotatable bonds is 5. The average Bonchev–Trinajstić information content (AvgIpc) is 3.11. The number of esters is 1. The predicted octanol–water partition coefficient (Wildman–Crippen LogP) is 3.62. The van der Waals surface area contributed by atoms with Gasteiger partial charge in [-0.25, -0.2) is 0 Å². The van der Waals surface area contributed by atoms with E-state index in [-0.39, 0.29) is 18.0 Å². The van der Waals surface area contributed by atoms with Crippen molar-refractivity contribution in [2.75, 3.05) is 13.2 Å². The molecule has 138 valence electrons. The van der Waals surface area contributed by atoms with Crippen LogP contribution in [0.15, 0.2) is 24.3 Å². The lowest BCUT2D eigenvalue weighted by Crippen LogP contribution is -2.12. The van der Waals surface area contributed by atoms with Gasteiger partial charge in [0, 0.05) is 17.9 Å². The number of halogens is 1. The number of carbonyl (C=O) groups is 1. The first kappa shape index (κ1) is 18.3. The molecule has 1 N–H and O–H groups in total. The Hall–Kier alpha value is -2.54. The van der Waals surface area contributed by atoms with E-state index in [0.29, 0.717) is 28.9 Å². The standard InChI is InChI=1S/C18H21ClN4O3/c1-11(24)25-9-10-26-13-7-5-12(6-8-13)16-20-17-14(19)15(18(2,3)4)21-23(17)22-16/h5-8H,9-10H2,1-4H3,(H,20,22). The van der Waals surface area contributed by atoms with Crippen molar-refractivity contribution < 1.29 is 14.3 Å². The Balaban J connectivity index is 1.74. The number of carbonyl (C=O) groups excluding carboxylic acids is 1. The number of fused-ring (bicyclic) bond motifs is 1. The van der Waals surface area contributed by atoms with Crippen LogP contribution in [0, 0.1) is 0 Å². The van der Waals surface area contributed by atoms with Gasteiger partial charge in [-0.1, -0.05) is 32.4 Å². The third-order valence-electron chi connectivity index (χ3n) is 3.74. The van der Waals surface area contributed by atoms with Crippen LogP contribution in [0.1, 0.15) is 33.4 Å². The number of hydrogen-bond donors (Lipinski definition) is 1. The van der Waals surface area contributed by atoms with Crippen molar-refractivity contribution in [3.63, 3.8) is 0 Å². The smallest absolute Gasteiger partial charge is 0.302 e. The fourth-order valence-corrected chi connectivity index (χ4v) is 2.90. The van der Waals surface area contributed by atoms with Gasteiger partial charge in [0.25, 0.3) is 0 Å². The molecule has 2 heterocycles. The summed E-state index contributed by atoms with van der Waals surface area (Å²) in [5.41, 5.74) is 2.21. The zero-order chi connectivity index (χ0) is 18.9. The van der Waals surface area contributed by atoms with E-state index in [0.717, 1.165) is 11.3 Å². The second-order valence-electron chi connectivity index (χ2n) is 6.94. The van der Waals surface area contributed by atoms with Crippen LogP contribution in [0.2, 0.25) is 5.02 Å². The summed E-state index contributed by atoms with van der Waals surface area (Å²) in [5.74, 6) is 1.03. The number of nitrogens with zero attached hydrogens (tertiary/aromatic N) is 3. The zero-order valence-electron chi connectivity index (χ0n) is 15.2. The van der Waals surface area contributed by atoms with E-state index in [2.05, 4.69) is 36.0 Å². The molecular formula is C18H21ClN4O3. The van der Waals surface area contributed by atoms with Gasteiger partial charge < -0.3 is 14.5 Å². The maximum absolute atomic E-state index is 10.7. The summed E-state index contributed by atoms with van der Waals surface area (Å²) in [6.45, 7) is 8.07. The lowest BCUT2D eigenvalue weighted by Gasteiger charge is -2.14. The Bertz CT molecular complexity index is 922. The topological polar surface area (TPSA) is 81.5 Å². The van der Waals surface area contributed by atoms with Crippen LogP contribution in [-0.4, -0.2) is 39.0 Å². The molecule has 0 saturated carbocycles. The van der Waals surface area contributed by atoms with Crippen LogP contribution in [0.5, 0.6) is 5.75 Å². The third kappa shape index (κ3) is 3.83. The van der Waals surface area contributed by atoms with Gasteiger partial charge in [-0.3, -0.25) is 4.79 Å². The maximum atomic E-state index is 10.7. The number of benzene rings is 1. The Morgan fingerprint density at radius 3 is 2.46 bits per heavy atom. The molecule has 0 atom stereocenters. The first-order valence-corrected chi connectivity index (χ1v) is 8.65. The minimum absolute atomic E-state index is 0.156. The SMILES string of the molecule is CC(=O)OCCOc1ccc(-c2nn3nc(C(C)(C)C)c(Cl)c3[nH]2)cc1. The summed E-state index contributed by atoms with van der Waals surface area (Å²) in [5, 5.41) is 9.54. The quantitative estimate of drug-likeness (QED) is 0.543. The predicted molar refractivity (Wildman–Crippen MR) is 98.6 cm³/mol. The molecule has 2 aromatic heterocycles. The molecule has 0 radical (unpaired) electrons.